The summed E-state index contributed by atoms with van der Waals surface area (Å²) in [6.45, 7) is 10.2. The van der Waals surface area contributed by atoms with Crippen molar-refractivity contribution < 1.29 is 9.59 Å². The maximum Gasteiger partial charge on any atom is 0.225 e. The van der Waals surface area contributed by atoms with Crippen LogP contribution < -0.4 is 10.6 Å². The van der Waals surface area contributed by atoms with Crippen molar-refractivity contribution in [1.29, 1.82) is 0 Å². The van der Waals surface area contributed by atoms with Gasteiger partial charge in [0, 0.05) is 37.0 Å². The summed E-state index contributed by atoms with van der Waals surface area (Å²) in [6, 6.07) is 18.8. The summed E-state index contributed by atoms with van der Waals surface area (Å²) < 4.78 is 0. The van der Waals surface area contributed by atoms with Crippen molar-refractivity contribution >= 4 is 11.8 Å². The van der Waals surface area contributed by atoms with Crippen molar-refractivity contribution in [3.05, 3.63) is 71.3 Å². The van der Waals surface area contributed by atoms with Crippen molar-refractivity contribution in [3.8, 4) is 0 Å². The molecule has 0 unspecified atom stereocenters. The van der Waals surface area contributed by atoms with Gasteiger partial charge in [-0.05, 0) is 43.4 Å². The molecule has 2 N–H and O–H groups in total. The first-order chi connectivity index (χ1) is 15.8. The molecular weight excluding hydrogens is 410 g/mol. The van der Waals surface area contributed by atoms with Gasteiger partial charge in [-0.25, -0.2) is 0 Å². The number of hydrogen-bond acceptors (Lipinski definition) is 3. The minimum atomic E-state index is -0.341. The number of nitrogens with one attached hydrogen (secondary N) is 2. The lowest BCUT2D eigenvalue weighted by molar-refractivity contribution is -0.132. The number of rotatable bonds is 6. The monoisotopic (exact) mass is 447 g/mol. The van der Waals surface area contributed by atoms with Crippen LogP contribution in [-0.4, -0.2) is 35.8 Å². The van der Waals surface area contributed by atoms with E-state index in [9.17, 15) is 9.59 Å². The van der Waals surface area contributed by atoms with Crippen molar-refractivity contribution in [2.45, 2.75) is 59.2 Å². The molecule has 1 aliphatic carbocycles. The molecule has 2 aromatic carbocycles. The lowest BCUT2D eigenvalue weighted by Gasteiger charge is -2.46. The summed E-state index contributed by atoms with van der Waals surface area (Å²) in [6.07, 6.45) is 1.81. The van der Waals surface area contributed by atoms with Crippen LogP contribution >= 0.6 is 0 Å². The summed E-state index contributed by atoms with van der Waals surface area (Å²) in [5, 5.41) is 6.57. The smallest absolute Gasteiger partial charge is 0.225 e. The highest BCUT2D eigenvalue weighted by Gasteiger charge is 2.56. The fourth-order valence-electron chi connectivity index (χ4n) is 5.66. The zero-order valence-electron chi connectivity index (χ0n) is 20.3. The lowest BCUT2D eigenvalue weighted by atomic mass is 9.62. The molecule has 2 aromatic rings. The molecule has 0 bridgehead atoms. The molecule has 1 fully saturated rings. The largest absolute Gasteiger partial charge is 0.354 e. The van der Waals surface area contributed by atoms with Gasteiger partial charge in [-0.1, -0.05) is 68.4 Å². The zero-order chi connectivity index (χ0) is 23.6. The van der Waals surface area contributed by atoms with Crippen LogP contribution in [0.1, 0.15) is 56.8 Å². The van der Waals surface area contributed by atoms with Crippen molar-refractivity contribution in [2.75, 3.05) is 13.1 Å². The maximum atomic E-state index is 13.6. The zero-order valence-corrected chi connectivity index (χ0v) is 20.3. The van der Waals surface area contributed by atoms with Crippen LogP contribution in [0.5, 0.6) is 0 Å². The minimum Gasteiger partial charge on any atom is -0.354 e. The van der Waals surface area contributed by atoms with Crippen LogP contribution in [0.25, 0.3) is 0 Å². The van der Waals surface area contributed by atoms with E-state index in [-0.39, 0.29) is 41.1 Å². The number of hydrogen-bond donors (Lipinski definition) is 2. The Balaban J connectivity index is 1.74. The minimum absolute atomic E-state index is 0.0422. The van der Waals surface area contributed by atoms with Gasteiger partial charge in [-0.2, -0.15) is 0 Å². The first-order valence-electron chi connectivity index (χ1n) is 12.2. The molecule has 2 amide bonds. The molecule has 1 saturated heterocycles. The summed E-state index contributed by atoms with van der Waals surface area (Å²) in [5.74, 6) is -0.153. The topological polar surface area (TPSA) is 61.4 Å². The molecule has 0 aromatic heterocycles. The second-order valence-electron chi connectivity index (χ2n) is 10.4. The molecule has 0 saturated carbocycles. The average Bonchev–Trinajstić information content (AvgIpc) is 3.14. The Morgan fingerprint density at radius 1 is 1.03 bits per heavy atom. The van der Waals surface area contributed by atoms with E-state index in [0.29, 0.717) is 6.54 Å². The Labute approximate surface area is 197 Å². The highest BCUT2D eigenvalue weighted by molar-refractivity contribution is 5.82. The van der Waals surface area contributed by atoms with Gasteiger partial charge >= 0.3 is 0 Å². The molecule has 1 spiro atoms. The summed E-state index contributed by atoms with van der Waals surface area (Å²) in [7, 11) is 0. The third kappa shape index (κ3) is 4.84. The molecule has 176 valence electrons. The standard InChI is InChI=1S/C28H37N3O2/c1-19(2)26(32)30-25-23-13-9-8-12-22(23)14-15-28(25)18-31(16-21-10-6-5-7-11-21)17-24(28)27(33)29-20(3)4/h5-13,19-20,24-25H,14-18H2,1-4H3,(H,29,33)(H,30,32)/t24-,25+,28-/m0/s1. The quantitative estimate of drug-likeness (QED) is 0.701. The maximum absolute atomic E-state index is 13.6. The average molecular weight is 448 g/mol. The Bertz CT molecular complexity index is 988. The van der Waals surface area contributed by atoms with E-state index in [1.165, 1.54) is 16.7 Å². The van der Waals surface area contributed by atoms with Crippen molar-refractivity contribution in [1.82, 2.24) is 15.5 Å². The van der Waals surface area contributed by atoms with Crippen LogP contribution in [0.4, 0.5) is 0 Å². The molecule has 3 atom stereocenters. The molecule has 5 nitrogen and oxygen atoms in total. The van der Waals surface area contributed by atoms with Crippen molar-refractivity contribution in [3.63, 3.8) is 0 Å². The summed E-state index contributed by atoms with van der Waals surface area (Å²) >= 11 is 0. The third-order valence-electron chi connectivity index (χ3n) is 7.26. The second-order valence-corrected chi connectivity index (χ2v) is 10.4. The SMILES string of the molecule is CC(C)NC(=O)[C@@H]1CN(Cc2ccccc2)C[C@@]12CCc1ccccc1[C@H]2NC(=O)C(C)C. The van der Waals surface area contributed by atoms with Gasteiger partial charge in [0.25, 0.3) is 0 Å². The van der Waals surface area contributed by atoms with E-state index < -0.39 is 0 Å². The Kier molecular flexibility index (Phi) is 6.89. The van der Waals surface area contributed by atoms with Crippen LogP contribution in [0.15, 0.2) is 54.6 Å². The van der Waals surface area contributed by atoms with Gasteiger partial charge < -0.3 is 10.6 Å². The predicted octanol–water partition coefficient (Wildman–Crippen LogP) is 4.09. The second kappa shape index (κ2) is 9.68. The highest BCUT2D eigenvalue weighted by atomic mass is 16.2. The molecule has 33 heavy (non-hydrogen) atoms. The number of carbonyl (C=O) groups is 2. The highest BCUT2D eigenvalue weighted by Crippen LogP contribution is 2.53. The van der Waals surface area contributed by atoms with Crippen LogP contribution in [0.2, 0.25) is 0 Å². The van der Waals surface area contributed by atoms with E-state index in [1.807, 2.05) is 39.8 Å². The van der Waals surface area contributed by atoms with E-state index >= 15 is 0 Å². The fourth-order valence-corrected chi connectivity index (χ4v) is 5.66. The first-order valence-corrected chi connectivity index (χ1v) is 12.2. The molecule has 4 rings (SSSR count). The van der Waals surface area contributed by atoms with Gasteiger partial charge in [0.2, 0.25) is 11.8 Å². The molecular formula is C28H37N3O2. The van der Waals surface area contributed by atoms with Crippen molar-refractivity contribution in [2.24, 2.45) is 17.3 Å². The summed E-state index contributed by atoms with van der Waals surface area (Å²) in [5.41, 5.74) is 3.35. The molecule has 2 aliphatic rings. The van der Waals surface area contributed by atoms with Crippen LogP contribution in [0.3, 0.4) is 0 Å². The molecule has 1 aliphatic heterocycles. The fraction of sp³-hybridized carbons (Fsp3) is 0.500. The first kappa shape index (κ1) is 23.5. The summed E-state index contributed by atoms with van der Waals surface area (Å²) in [4.78, 5) is 28.9. The molecule has 0 radical (unpaired) electrons. The van der Waals surface area contributed by atoms with Crippen LogP contribution in [-0.2, 0) is 22.6 Å². The van der Waals surface area contributed by atoms with Gasteiger partial charge in [0.1, 0.15) is 0 Å². The molecule has 1 heterocycles. The number of aryl methyl sites for hydroxylation is 1. The number of fused-ring (bicyclic) bond motifs is 1. The van der Waals surface area contributed by atoms with Gasteiger partial charge in [-0.3, -0.25) is 14.5 Å². The number of likely N-dealkylation sites (tertiary alicyclic amines) is 1. The Morgan fingerprint density at radius 2 is 1.73 bits per heavy atom. The Hall–Kier alpha value is -2.66. The lowest BCUT2D eigenvalue weighted by Crippen LogP contribution is -2.53. The number of carbonyl (C=O) groups excluding carboxylic acids is 2. The Morgan fingerprint density at radius 3 is 2.42 bits per heavy atom. The number of benzene rings is 2. The van der Waals surface area contributed by atoms with E-state index in [1.54, 1.807) is 0 Å². The third-order valence-corrected chi connectivity index (χ3v) is 7.26. The van der Waals surface area contributed by atoms with E-state index in [2.05, 4.69) is 58.0 Å². The van der Waals surface area contributed by atoms with Gasteiger partial charge in [-0.15, -0.1) is 0 Å². The van der Waals surface area contributed by atoms with Gasteiger partial charge in [0.05, 0.1) is 12.0 Å². The van der Waals surface area contributed by atoms with Gasteiger partial charge in [0.15, 0.2) is 0 Å². The van der Waals surface area contributed by atoms with E-state index in [0.717, 1.165) is 25.9 Å². The molecule has 5 heteroatoms. The number of nitrogens with zero attached hydrogens (tertiary/aromatic N) is 1. The normalized spacial score (nSPS) is 24.8. The predicted molar refractivity (Wildman–Crippen MR) is 131 cm³/mol. The number of amides is 2. The van der Waals surface area contributed by atoms with Crippen LogP contribution in [0, 0.1) is 17.3 Å². The van der Waals surface area contributed by atoms with E-state index in [4.69, 9.17) is 0 Å².